The first-order chi connectivity index (χ1) is 16.1. The first-order valence-corrected chi connectivity index (χ1v) is 10.9. The largest absolute Gasteiger partial charge is 0.491 e. The molecule has 2 aliphatic rings. The smallest absolute Gasteiger partial charge is 0.490 e. The van der Waals surface area contributed by atoms with Crippen LogP contribution in [0.25, 0.3) is 0 Å². The lowest BCUT2D eigenvalue weighted by Crippen LogP contribution is -2.38. The van der Waals surface area contributed by atoms with Crippen LogP contribution in [0.5, 0.6) is 5.75 Å². The molecule has 1 saturated carbocycles. The fraction of sp³-hybridized carbons (Fsp3) is 0.417. The lowest BCUT2D eigenvalue weighted by molar-refractivity contribution is -0.193. The van der Waals surface area contributed by atoms with E-state index in [0.29, 0.717) is 49.4 Å². The van der Waals surface area contributed by atoms with Crippen molar-refractivity contribution in [2.24, 2.45) is 0 Å². The van der Waals surface area contributed by atoms with E-state index in [1.807, 2.05) is 0 Å². The number of hydrogen-bond donors (Lipinski definition) is 0. The third kappa shape index (κ3) is 5.91. The zero-order valence-corrected chi connectivity index (χ0v) is 18.0. The highest BCUT2D eigenvalue weighted by Gasteiger charge is 2.43. The quantitative estimate of drug-likeness (QED) is 0.324. The molecular weight excluding hydrogens is 461 g/mol. The second-order valence-corrected chi connectivity index (χ2v) is 8.53. The molecule has 4 rings (SSSR count). The number of carbonyl (C=O) groups is 2. The van der Waals surface area contributed by atoms with Crippen LogP contribution in [0.3, 0.4) is 0 Å². The Balaban J connectivity index is 1.40. The minimum atomic E-state index is -5.35. The number of benzene rings is 2. The lowest BCUT2D eigenvalue weighted by Gasteiger charge is -2.32. The SMILES string of the molecule is O=C(OC(=O)C(F)(F)F)c1cc(C2CC2)c(CN2CCC(Oc3ccc(F)cc3)CC2)cc1F. The molecule has 0 atom stereocenters. The van der Waals surface area contributed by atoms with Gasteiger partial charge in [-0.05, 0) is 79.1 Å². The van der Waals surface area contributed by atoms with Crippen LogP contribution in [-0.4, -0.2) is 42.2 Å². The summed E-state index contributed by atoms with van der Waals surface area (Å²) < 4.78 is 74.5. The van der Waals surface area contributed by atoms with Gasteiger partial charge in [0.25, 0.3) is 0 Å². The molecule has 1 aliphatic heterocycles. The van der Waals surface area contributed by atoms with E-state index >= 15 is 0 Å². The third-order valence-corrected chi connectivity index (χ3v) is 5.93. The highest BCUT2D eigenvalue weighted by Crippen LogP contribution is 2.43. The normalized spacial score (nSPS) is 17.4. The molecule has 1 heterocycles. The number of hydrogen-bond acceptors (Lipinski definition) is 5. The average molecular weight is 483 g/mol. The van der Waals surface area contributed by atoms with Gasteiger partial charge in [-0.15, -0.1) is 0 Å². The summed E-state index contributed by atoms with van der Waals surface area (Å²) in [4.78, 5) is 25.1. The minimum Gasteiger partial charge on any atom is -0.490 e. The van der Waals surface area contributed by atoms with E-state index < -0.39 is 29.5 Å². The number of ether oxygens (including phenoxy) is 2. The zero-order chi connectivity index (χ0) is 24.5. The van der Waals surface area contributed by atoms with Crippen molar-refractivity contribution < 1.29 is 41.0 Å². The standard InChI is InChI=1S/C24H22F5NO4/c25-16-3-5-17(6-4-16)33-18-7-9-30(10-8-18)13-15-11-21(26)20(12-19(15)14-1-2-14)22(31)34-23(32)24(27,28)29/h3-6,11-12,14,18H,1-2,7-10,13H2. The highest BCUT2D eigenvalue weighted by molar-refractivity contribution is 5.98. The van der Waals surface area contributed by atoms with Gasteiger partial charge in [0.1, 0.15) is 23.5 Å². The fourth-order valence-electron chi connectivity index (χ4n) is 4.03. The predicted molar refractivity (Wildman–Crippen MR) is 110 cm³/mol. The molecule has 0 bridgehead atoms. The maximum Gasteiger partial charge on any atom is 0.491 e. The summed E-state index contributed by atoms with van der Waals surface area (Å²) in [5.41, 5.74) is 0.642. The van der Waals surface area contributed by atoms with Gasteiger partial charge in [0.05, 0.1) is 5.56 Å². The molecular formula is C24H22F5NO4. The van der Waals surface area contributed by atoms with Crippen LogP contribution in [0, 0.1) is 11.6 Å². The van der Waals surface area contributed by atoms with E-state index in [1.54, 1.807) is 12.1 Å². The van der Waals surface area contributed by atoms with Crippen molar-refractivity contribution in [3.05, 3.63) is 64.7 Å². The molecule has 0 N–H and O–H groups in total. The first kappa shape index (κ1) is 24.1. The minimum absolute atomic E-state index is 0.0373. The fourth-order valence-corrected chi connectivity index (χ4v) is 4.03. The number of likely N-dealkylation sites (tertiary alicyclic amines) is 1. The Morgan fingerprint density at radius 3 is 2.21 bits per heavy atom. The zero-order valence-electron chi connectivity index (χ0n) is 18.0. The van der Waals surface area contributed by atoms with Gasteiger partial charge < -0.3 is 9.47 Å². The van der Waals surface area contributed by atoms with Gasteiger partial charge in [0, 0.05) is 19.6 Å². The second kappa shape index (κ2) is 9.69. The number of halogens is 5. The van der Waals surface area contributed by atoms with Crippen LogP contribution in [0.4, 0.5) is 22.0 Å². The Hall–Kier alpha value is -3.01. The molecule has 0 amide bonds. The van der Waals surface area contributed by atoms with Crippen molar-refractivity contribution in [1.29, 1.82) is 0 Å². The topological polar surface area (TPSA) is 55.8 Å². The maximum atomic E-state index is 14.6. The first-order valence-electron chi connectivity index (χ1n) is 10.9. The summed E-state index contributed by atoms with van der Waals surface area (Å²) in [5.74, 6) is -5.04. The summed E-state index contributed by atoms with van der Waals surface area (Å²) in [5, 5.41) is 0. The van der Waals surface area contributed by atoms with E-state index in [9.17, 15) is 31.5 Å². The number of nitrogens with zero attached hydrogens (tertiary/aromatic N) is 1. The number of carbonyl (C=O) groups excluding carboxylic acids is 2. The Bertz CT molecular complexity index is 1060. The Labute approximate surface area is 192 Å². The van der Waals surface area contributed by atoms with E-state index in [2.05, 4.69) is 9.64 Å². The molecule has 2 aromatic carbocycles. The van der Waals surface area contributed by atoms with E-state index in [4.69, 9.17) is 4.74 Å². The van der Waals surface area contributed by atoms with Crippen molar-refractivity contribution in [1.82, 2.24) is 4.90 Å². The molecule has 0 spiro atoms. The lowest BCUT2D eigenvalue weighted by atomic mass is 9.98. The van der Waals surface area contributed by atoms with Crippen molar-refractivity contribution in [3.8, 4) is 5.75 Å². The van der Waals surface area contributed by atoms with Crippen LogP contribution < -0.4 is 4.74 Å². The van der Waals surface area contributed by atoms with Gasteiger partial charge >= 0.3 is 18.1 Å². The molecule has 10 heteroatoms. The van der Waals surface area contributed by atoms with Gasteiger partial charge in [-0.1, -0.05) is 0 Å². The molecule has 0 radical (unpaired) electrons. The molecule has 0 unspecified atom stereocenters. The van der Waals surface area contributed by atoms with E-state index in [1.165, 1.54) is 18.2 Å². The van der Waals surface area contributed by atoms with Crippen LogP contribution in [0.15, 0.2) is 36.4 Å². The van der Waals surface area contributed by atoms with Gasteiger partial charge in [-0.3, -0.25) is 4.90 Å². The molecule has 1 saturated heterocycles. The van der Waals surface area contributed by atoms with Crippen LogP contribution >= 0.6 is 0 Å². The number of alkyl halides is 3. The summed E-state index contributed by atoms with van der Waals surface area (Å²) in [6.45, 7) is 1.74. The molecule has 5 nitrogen and oxygen atoms in total. The van der Waals surface area contributed by atoms with Crippen molar-refractivity contribution >= 4 is 11.9 Å². The van der Waals surface area contributed by atoms with Gasteiger partial charge in [0.2, 0.25) is 0 Å². The van der Waals surface area contributed by atoms with Crippen molar-refractivity contribution in [2.45, 2.75) is 50.4 Å². The molecule has 2 aromatic rings. The summed E-state index contributed by atoms with van der Waals surface area (Å²) in [7, 11) is 0. The van der Waals surface area contributed by atoms with E-state index in [-0.39, 0.29) is 17.8 Å². The van der Waals surface area contributed by atoms with Crippen LogP contribution in [0.1, 0.15) is 53.1 Å². The maximum absolute atomic E-state index is 14.6. The number of esters is 2. The van der Waals surface area contributed by atoms with Gasteiger partial charge in [0.15, 0.2) is 0 Å². The van der Waals surface area contributed by atoms with Crippen molar-refractivity contribution in [3.63, 3.8) is 0 Å². The molecule has 182 valence electrons. The van der Waals surface area contributed by atoms with Gasteiger partial charge in [-0.25, -0.2) is 18.4 Å². The summed E-state index contributed by atoms with van der Waals surface area (Å²) >= 11 is 0. The Morgan fingerprint density at radius 1 is 0.971 bits per heavy atom. The Kier molecular flexibility index (Phi) is 6.88. The number of piperidine rings is 1. The molecule has 0 aromatic heterocycles. The predicted octanol–water partition coefficient (Wildman–Crippen LogP) is 5.13. The molecule has 1 aliphatic carbocycles. The van der Waals surface area contributed by atoms with E-state index in [0.717, 1.165) is 18.9 Å². The second-order valence-electron chi connectivity index (χ2n) is 8.53. The van der Waals surface area contributed by atoms with Crippen molar-refractivity contribution in [2.75, 3.05) is 13.1 Å². The third-order valence-electron chi connectivity index (χ3n) is 5.93. The van der Waals surface area contributed by atoms with Crippen LogP contribution in [-0.2, 0) is 16.1 Å². The summed E-state index contributed by atoms with van der Waals surface area (Å²) in [6.07, 6.45) is -2.32. The Morgan fingerprint density at radius 2 is 1.62 bits per heavy atom. The average Bonchev–Trinajstić information content (AvgIpc) is 3.61. The van der Waals surface area contributed by atoms with Gasteiger partial charge in [-0.2, -0.15) is 13.2 Å². The molecule has 2 fully saturated rings. The highest BCUT2D eigenvalue weighted by atomic mass is 19.4. The monoisotopic (exact) mass is 483 g/mol. The number of rotatable bonds is 6. The molecule has 34 heavy (non-hydrogen) atoms. The summed E-state index contributed by atoms with van der Waals surface area (Å²) in [6, 6.07) is 8.15. The van der Waals surface area contributed by atoms with Crippen LogP contribution in [0.2, 0.25) is 0 Å².